The van der Waals surface area contributed by atoms with Gasteiger partial charge in [-0.15, -0.1) is 0 Å². The van der Waals surface area contributed by atoms with Gasteiger partial charge in [-0.1, -0.05) is 0 Å². The summed E-state index contributed by atoms with van der Waals surface area (Å²) in [5, 5.41) is 12.2. The van der Waals surface area contributed by atoms with Crippen molar-refractivity contribution in [1.82, 2.24) is 9.88 Å². The van der Waals surface area contributed by atoms with E-state index in [1.165, 1.54) is 0 Å². The van der Waals surface area contributed by atoms with E-state index >= 15 is 0 Å². The first-order chi connectivity index (χ1) is 8.47. The maximum absolute atomic E-state index is 12.1. The van der Waals surface area contributed by atoms with E-state index in [-0.39, 0.29) is 11.9 Å². The Labute approximate surface area is 107 Å². The molecule has 4 N–H and O–H groups in total. The number of aliphatic hydroxyl groups is 1. The lowest BCUT2D eigenvalue weighted by atomic mass is 10.1. The van der Waals surface area contributed by atoms with Gasteiger partial charge in [0.05, 0.1) is 11.8 Å². The Balaban J connectivity index is 2.04. The highest BCUT2D eigenvalue weighted by atomic mass is 16.3. The van der Waals surface area contributed by atoms with Crippen molar-refractivity contribution >= 4 is 11.6 Å². The van der Waals surface area contributed by atoms with Crippen LogP contribution in [0.5, 0.6) is 0 Å². The zero-order valence-corrected chi connectivity index (χ0v) is 10.9. The Morgan fingerprint density at radius 1 is 1.61 bits per heavy atom. The highest BCUT2D eigenvalue weighted by Gasteiger charge is 2.28. The molecular weight excluding hydrogens is 230 g/mol. The number of anilines is 1. The third-order valence-corrected chi connectivity index (χ3v) is 3.11. The first kappa shape index (κ1) is 13.0. The molecule has 100 valence electrons. The van der Waals surface area contributed by atoms with Crippen LogP contribution in [0.25, 0.3) is 0 Å². The monoisotopic (exact) mass is 251 g/mol. The molecule has 1 aromatic rings. The minimum atomic E-state index is -0.416. The summed E-state index contributed by atoms with van der Waals surface area (Å²) in [6.45, 7) is 3.60. The smallest absolute Gasteiger partial charge is 0.268 e. The quantitative estimate of drug-likeness (QED) is 0.737. The van der Waals surface area contributed by atoms with E-state index in [0.29, 0.717) is 23.8 Å². The van der Waals surface area contributed by atoms with Crippen LogP contribution in [0.4, 0.5) is 5.69 Å². The number of amides is 1. The SMILES string of the molecule is CC(O)CC(C)NC(=O)c1cc(N)cn1C1CC1. The van der Waals surface area contributed by atoms with Crippen LogP contribution >= 0.6 is 0 Å². The Morgan fingerprint density at radius 2 is 2.28 bits per heavy atom. The van der Waals surface area contributed by atoms with Crippen LogP contribution in [0.1, 0.15) is 49.6 Å². The maximum Gasteiger partial charge on any atom is 0.268 e. The van der Waals surface area contributed by atoms with Crippen LogP contribution in [0.3, 0.4) is 0 Å². The summed E-state index contributed by atoms with van der Waals surface area (Å²) in [7, 11) is 0. The summed E-state index contributed by atoms with van der Waals surface area (Å²) in [5.41, 5.74) is 6.99. The molecule has 0 spiro atoms. The van der Waals surface area contributed by atoms with Crippen LogP contribution in [0, 0.1) is 0 Å². The molecule has 2 unspecified atom stereocenters. The van der Waals surface area contributed by atoms with Crippen LogP contribution in [0.2, 0.25) is 0 Å². The zero-order chi connectivity index (χ0) is 13.3. The normalized spacial score (nSPS) is 18.4. The number of carbonyl (C=O) groups is 1. The van der Waals surface area contributed by atoms with Crippen molar-refractivity contribution in [2.24, 2.45) is 0 Å². The fraction of sp³-hybridized carbons (Fsp3) is 0.615. The second kappa shape index (κ2) is 5.02. The largest absolute Gasteiger partial charge is 0.397 e. The Kier molecular flexibility index (Phi) is 3.61. The second-order valence-electron chi connectivity index (χ2n) is 5.26. The van der Waals surface area contributed by atoms with Gasteiger partial charge in [0.25, 0.3) is 5.91 Å². The van der Waals surface area contributed by atoms with Gasteiger partial charge in [0.1, 0.15) is 5.69 Å². The molecule has 1 fully saturated rings. The molecule has 0 aliphatic heterocycles. The lowest BCUT2D eigenvalue weighted by Crippen LogP contribution is -2.35. The Hall–Kier alpha value is -1.49. The first-order valence-corrected chi connectivity index (χ1v) is 6.43. The minimum Gasteiger partial charge on any atom is -0.397 e. The fourth-order valence-corrected chi connectivity index (χ4v) is 2.21. The standard InChI is InChI=1S/C13H21N3O2/c1-8(5-9(2)17)15-13(18)12-6-10(14)7-16(12)11-3-4-11/h6-9,11,17H,3-5,14H2,1-2H3,(H,15,18). The third-order valence-electron chi connectivity index (χ3n) is 3.11. The molecule has 1 aliphatic rings. The van der Waals surface area contributed by atoms with Gasteiger partial charge in [0.15, 0.2) is 0 Å². The molecule has 2 atom stereocenters. The summed E-state index contributed by atoms with van der Waals surface area (Å²) < 4.78 is 1.96. The van der Waals surface area contributed by atoms with Crippen LogP contribution < -0.4 is 11.1 Å². The fourth-order valence-electron chi connectivity index (χ4n) is 2.21. The maximum atomic E-state index is 12.1. The van der Waals surface area contributed by atoms with Crippen molar-refractivity contribution in [3.63, 3.8) is 0 Å². The molecule has 5 heteroatoms. The number of nitrogens with two attached hydrogens (primary N) is 1. The number of aliphatic hydroxyl groups excluding tert-OH is 1. The third kappa shape index (κ3) is 3.04. The average Bonchev–Trinajstić information content (AvgIpc) is 3.00. The molecule has 5 nitrogen and oxygen atoms in total. The van der Waals surface area contributed by atoms with Gasteiger partial charge < -0.3 is 20.7 Å². The second-order valence-corrected chi connectivity index (χ2v) is 5.26. The van der Waals surface area contributed by atoms with E-state index in [2.05, 4.69) is 5.32 Å². The number of nitrogens with zero attached hydrogens (tertiary/aromatic N) is 1. The average molecular weight is 251 g/mol. The van der Waals surface area contributed by atoms with E-state index in [1.807, 2.05) is 17.7 Å². The molecule has 0 radical (unpaired) electrons. The van der Waals surface area contributed by atoms with Crippen molar-refractivity contribution in [3.05, 3.63) is 18.0 Å². The van der Waals surface area contributed by atoms with Gasteiger partial charge in [0.2, 0.25) is 0 Å². The van der Waals surface area contributed by atoms with E-state index in [0.717, 1.165) is 12.8 Å². The number of aromatic nitrogens is 1. The number of rotatable bonds is 5. The number of nitrogens with one attached hydrogen (secondary N) is 1. The molecule has 0 bridgehead atoms. The number of nitrogen functional groups attached to an aromatic ring is 1. The van der Waals surface area contributed by atoms with Crippen molar-refractivity contribution in [2.75, 3.05) is 5.73 Å². The molecular formula is C13H21N3O2. The predicted octanol–water partition coefficient (Wildman–Crippen LogP) is 1.29. The first-order valence-electron chi connectivity index (χ1n) is 6.43. The number of carbonyl (C=O) groups excluding carboxylic acids is 1. The highest BCUT2D eigenvalue weighted by Crippen LogP contribution is 2.37. The molecule has 1 aliphatic carbocycles. The molecule has 1 amide bonds. The lowest BCUT2D eigenvalue weighted by molar-refractivity contribution is 0.0913. The molecule has 18 heavy (non-hydrogen) atoms. The van der Waals surface area contributed by atoms with Gasteiger partial charge in [-0.25, -0.2) is 0 Å². The van der Waals surface area contributed by atoms with Gasteiger partial charge in [-0.2, -0.15) is 0 Å². The predicted molar refractivity (Wildman–Crippen MR) is 70.3 cm³/mol. The van der Waals surface area contributed by atoms with Crippen molar-refractivity contribution < 1.29 is 9.90 Å². The molecule has 1 aromatic heterocycles. The molecule has 0 saturated heterocycles. The van der Waals surface area contributed by atoms with E-state index in [1.54, 1.807) is 13.0 Å². The summed E-state index contributed by atoms with van der Waals surface area (Å²) in [5.74, 6) is -0.119. The van der Waals surface area contributed by atoms with Crippen molar-refractivity contribution in [2.45, 2.75) is 51.3 Å². The van der Waals surface area contributed by atoms with Gasteiger partial charge in [-0.3, -0.25) is 4.79 Å². The Bertz CT molecular complexity index is 435. The summed E-state index contributed by atoms with van der Waals surface area (Å²) >= 11 is 0. The van der Waals surface area contributed by atoms with Crippen molar-refractivity contribution in [1.29, 1.82) is 0 Å². The van der Waals surface area contributed by atoms with Gasteiger partial charge in [0, 0.05) is 18.3 Å². The molecule has 2 rings (SSSR count). The van der Waals surface area contributed by atoms with E-state index < -0.39 is 6.10 Å². The van der Waals surface area contributed by atoms with Crippen LogP contribution in [-0.4, -0.2) is 27.7 Å². The highest BCUT2D eigenvalue weighted by molar-refractivity contribution is 5.94. The topological polar surface area (TPSA) is 80.3 Å². The molecule has 1 saturated carbocycles. The van der Waals surface area contributed by atoms with Crippen LogP contribution in [-0.2, 0) is 0 Å². The molecule has 0 aromatic carbocycles. The van der Waals surface area contributed by atoms with E-state index in [9.17, 15) is 9.90 Å². The van der Waals surface area contributed by atoms with Crippen LogP contribution in [0.15, 0.2) is 12.3 Å². The lowest BCUT2D eigenvalue weighted by Gasteiger charge is -2.16. The number of hydrogen-bond donors (Lipinski definition) is 3. The summed E-state index contributed by atoms with van der Waals surface area (Å²) in [4.78, 5) is 12.1. The summed E-state index contributed by atoms with van der Waals surface area (Å²) in [6.07, 6.45) is 4.17. The van der Waals surface area contributed by atoms with Crippen molar-refractivity contribution in [3.8, 4) is 0 Å². The minimum absolute atomic E-state index is 0.0544. The molecule has 1 heterocycles. The summed E-state index contributed by atoms with van der Waals surface area (Å²) in [6, 6.07) is 2.08. The van der Waals surface area contributed by atoms with Gasteiger partial charge >= 0.3 is 0 Å². The Morgan fingerprint density at radius 3 is 2.83 bits per heavy atom. The zero-order valence-electron chi connectivity index (χ0n) is 10.9. The van der Waals surface area contributed by atoms with E-state index in [4.69, 9.17) is 5.73 Å². The number of hydrogen-bond acceptors (Lipinski definition) is 3. The van der Waals surface area contributed by atoms with Gasteiger partial charge in [-0.05, 0) is 39.2 Å².